The van der Waals surface area contributed by atoms with E-state index in [1.807, 2.05) is 55.6 Å². The Kier molecular flexibility index (Phi) is 4.86. The predicted octanol–water partition coefficient (Wildman–Crippen LogP) is 5.80. The van der Waals surface area contributed by atoms with Gasteiger partial charge in [0.25, 0.3) is 0 Å². The van der Waals surface area contributed by atoms with Gasteiger partial charge in [-0.05, 0) is 45.8 Å². The molecule has 0 saturated carbocycles. The third-order valence-electron chi connectivity index (χ3n) is 6.45. The molecular formula is C29H24N3O2S+. The molecule has 0 fully saturated rings. The molecule has 1 N–H and O–H groups in total. The monoisotopic (exact) mass is 478 g/mol. The molecule has 0 saturated heterocycles. The first-order valence-corrected chi connectivity index (χ1v) is 13.3. The van der Waals surface area contributed by atoms with Crippen LogP contribution in [0.5, 0.6) is 0 Å². The van der Waals surface area contributed by atoms with Crippen LogP contribution in [0.15, 0.2) is 103 Å². The van der Waals surface area contributed by atoms with Gasteiger partial charge in [-0.2, -0.15) is 4.57 Å². The van der Waals surface area contributed by atoms with Crippen LogP contribution < -0.4 is 9.29 Å². The maximum atomic E-state index is 12.4. The molecule has 0 aliphatic heterocycles. The minimum absolute atomic E-state index is 0.560. The zero-order valence-electron chi connectivity index (χ0n) is 19.4. The molecule has 0 aliphatic carbocycles. The number of imidazole rings is 1. The molecule has 6 heteroatoms. The summed E-state index contributed by atoms with van der Waals surface area (Å²) >= 11 is 0. The highest BCUT2D eigenvalue weighted by Gasteiger charge is 2.24. The van der Waals surface area contributed by atoms with E-state index in [9.17, 15) is 8.42 Å². The van der Waals surface area contributed by atoms with Crippen LogP contribution >= 0.6 is 0 Å². The molecular weight excluding hydrogens is 454 g/mol. The van der Waals surface area contributed by atoms with Gasteiger partial charge in [-0.15, -0.1) is 0 Å². The zero-order chi connectivity index (χ0) is 24.2. The van der Waals surface area contributed by atoms with E-state index in [1.165, 1.54) is 6.26 Å². The number of aromatic nitrogens is 2. The molecule has 0 radical (unpaired) electrons. The summed E-state index contributed by atoms with van der Waals surface area (Å²) in [5.74, 6) is 0. The van der Waals surface area contributed by atoms with Gasteiger partial charge < -0.3 is 0 Å². The minimum Gasteiger partial charge on any atom is -0.283 e. The fourth-order valence-corrected chi connectivity index (χ4v) is 5.57. The third kappa shape index (κ3) is 3.63. The van der Waals surface area contributed by atoms with Crippen molar-refractivity contribution in [3.05, 3.63) is 103 Å². The SMILES string of the molecule is C[n+]1cn(-c2ccc3ccccc3c2-c2c(NS(C)(=O)=O)ccc3ccccc23)c2ccccc21. The van der Waals surface area contributed by atoms with Gasteiger partial charge in [0.05, 0.1) is 19.0 Å². The molecule has 1 heterocycles. The number of rotatable bonds is 4. The summed E-state index contributed by atoms with van der Waals surface area (Å²) in [6, 6.07) is 32.7. The first-order valence-electron chi connectivity index (χ1n) is 11.4. The third-order valence-corrected chi connectivity index (χ3v) is 7.04. The Balaban J connectivity index is 1.81. The number of fused-ring (bicyclic) bond motifs is 3. The van der Waals surface area contributed by atoms with Crippen molar-refractivity contribution >= 4 is 48.3 Å². The Morgan fingerprint density at radius 1 is 0.714 bits per heavy atom. The highest BCUT2D eigenvalue weighted by Crippen LogP contribution is 2.43. The van der Waals surface area contributed by atoms with E-state index in [0.29, 0.717) is 5.69 Å². The Morgan fingerprint density at radius 3 is 2.03 bits per heavy atom. The lowest BCUT2D eigenvalue weighted by Gasteiger charge is -2.18. The predicted molar refractivity (Wildman–Crippen MR) is 143 cm³/mol. The summed E-state index contributed by atoms with van der Waals surface area (Å²) in [6.07, 6.45) is 3.27. The van der Waals surface area contributed by atoms with Crippen LogP contribution in [-0.2, 0) is 17.1 Å². The standard InChI is InChI=1S/C29H24N3O2S/c1-31-19-32(26-14-8-7-13-25(26)31)27-18-16-21-10-4-6-12-23(21)29(27)28-22-11-5-3-9-20(22)15-17-24(28)30-35(2,33)34/h3-19,30H,1-2H3/q+1. The molecule has 6 aromatic rings. The van der Waals surface area contributed by atoms with E-state index in [1.54, 1.807) is 0 Å². The quantitative estimate of drug-likeness (QED) is 0.326. The number of anilines is 1. The maximum Gasteiger partial charge on any atom is 0.249 e. The van der Waals surface area contributed by atoms with Gasteiger partial charge in [-0.3, -0.25) is 4.72 Å². The normalized spacial score (nSPS) is 11.9. The molecule has 0 unspecified atom stereocenters. The topological polar surface area (TPSA) is 55.0 Å². The highest BCUT2D eigenvalue weighted by molar-refractivity contribution is 7.92. The van der Waals surface area contributed by atoms with Gasteiger partial charge in [0.1, 0.15) is 5.69 Å². The molecule has 0 aliphatic rings. The van der Waals surface area contributed by atoms with Gasteiger partial charge in [-0.25, -0.2) is 13.0 Å². The molecule has 1 aromatic heterocycles. The van der Waals surface area contributed by atoms with Crippen LogP contribution in [0.25, 0.3) is 49.4 Å². The number of benzene rings is 5. The summed E-state index contributed by atoms with van der Waals surface area (Å²) in [5, 5.41) is 4.17. The summed E-state index contributed by atoms with van der Waals surface area (Å²) in [4.78, 5) is 0. The molecule has 5 aromatic carbocycles. The Labute approximate surface area is 203 Å². The summed E-state index contributed by atoms with van der Waals surface area (Å²) in [6.45, 7) is 0. The van der Waals surface area contributed by atoms with E-state index < -0.39 is 10.0 Å². The van der Waals surface area contributed by atoms with E-state index in [0.717, 1.165) is 49.4 Å². The average Bonchev–Trinajstić information content (AvgIpc) is 3.19. The molecule has 0 atom stereocenters. The highest BCUT2D eigenvalue weighted by atomic mass is 32.2. The van der Waals surface area contributed by atoms with Crippen molar-refractivity contribution in [1.29, 1.82) is 0 Å². The lowest BCUT2D eigenvalue weighted by Crippen LogP contribution is -2.25. The van der Waals surface area contributed by atoms with E-state index in [-0.39, 0.29) is 0 Å². The van der Waals surface area contributed by atoms with Crippen molar-refractivity contribution in [2.24, 2.45) is 7.05 Å². The van der Waals surface area contributed by atoms with E-state index in [4.69, 9.17) is 0 Å². The number of aryl methyl sites for hydroxylation is 1. The lowest BCUT2D eigenvalue weighted by atomic mass is 9.91. The van der Waals surface area contributed by atoms with Crippen LogP contribution in [0.2, 0.25) is 0 Å². The maximum absolute atomic E-state index is 12.4. The second kappa shape index (κ2) is 7.96. The molecule has 0 amide bonds. The Morgan fingerprint density at radius 2 is 1.31 bits per heavy atom. The zero-order valence-corrected chi connectivity index (χ0v) is 20.3. The lowest BCUT2D eigenvalue weighted by molar-refractivity contribution is -0.645. The minimum atomic E-state index is -3.50. The number of para-hydroxylation sites is 2. The number of nitrogens with zero attached hydrogens (tertiary/aromatic N) is 2. The van der Waals surface area contributed by atoms with Gasteiger partial charge in [0.15, 0.2) is 11.0 Å². The van der Waals surface area contributed by atoms with Crippen molar-refractivity contribution in [2.45, 2.75) is 0 Å². The molecule has 0 spiro atoms. The van der Waals surface area contributed by atoms with Crippen molar-refractivity contribution in [2.75, 3.05) is 11.0 Å². The number of hydrogen-bond acceptors (Lipinski definition) is 2. The Bertz CT molecular complexity index is 1870. The number of hydrogen-bond donors (Lipinski definition) is 1. The summed E-state index contributed by atoms with van der Waals surface area (Å²) < 4.78 is 31.9. The van der Waals surface area contributed by atoms with Gasteiger partial charge in [0.2, 0.25) is 16.4 Å². The van der Waals surface area contributed by atoms with Crippen LogP contribution in [-0.4, -0.2) is 19.2 Å². The van der Waals surface area contributed by atoms with Crippen LogP contribution in [0.3, 0.4) is 0 Å². The largest absolute Gasteiger partial charge is 0.283 e. The van der Waals surface area contributed by atoms with Crippen LogP contribution in [0, 0.1) is 0 Å². The van der Waals surface area contributed by atoms with Crippen molar-refractivity contribution in [3.8, 4) is 16.8 Å². The fourth-order valence-electron chi connectivity index (χ4n) is 5.00. The van der Waals surface area contributed by atoms with Crippen LogP contribution in [0.4, 0.5) is 5.69 Å². The Hall–Kier alpha value is -4.16. The molecule has 0 bridgehead atoms. The molecule has 6 rings (SSSR count). The first kappa shape index (κ1) is 21.4. The van der Waals surface area contributed by atoms with Gasteiger partial charge in [-0.1, -0.05) is 72.8 Å². The molecule has 35 heavy (non-hydrogen) atoms. The van der Waals surface area contributed by atoms with Crippen molar-refractivity contribution in [1.82, 2.24) is 4.57 Å². The first-order chi connectivity index (χ1) is 16.9. The van der Waals surface area contributed by atoms with E-state index in [2.05, 4.69) is 68.7 Å². The van der Waals surface area contributed by atoms with Crippen molar-refractivity contribution in [3.63, 3.8) is 0 Å². The van der Waals surface area contributed by atoms with Gasteiger partial charge >= 0.3 is 0 Å². The van der Waals surface area contributed by atoms with E-state index >= 15 is 0 Å². The molecule has 5 nitrogen and oxygen atoms in total. The number of sulfonamides is 1. The second-order valence-electron chi connectivity index (χ2n) is 8.85. The smallest absolute Gasteiger partial charge is 0.249 e. The van der Waals surface area contributed by atoms with Crippen molar-refractivity contribution < 1.29 is 13.0 Å². The summed E-state index contributed by atoms with van der Waals surface area (Å²) in [5.41, 5.74) is 5.56. The molecule has 172 valence electrons. The second-order valence-corrected chi connectivity index (χ2v) is 10.6. The average molecular weight is 479 g/mol. The number of nitrogens with one attached hydrogen (secondary N) is 1. The van der Waals surface area contributed by atoms with Gasteiger partial charge in [0, 0.05) is 11.1 Å². The summed E-state index contributed by atoms with van der Waals surface area (Å²) in [7, 11) is -1.46. The fraction of sp³-hybridized carbons (Fsp3) is 0.0690. The van der Waals surface area contributed by atoms with Crippen LogP contribution in [0.1, 0.15) is 0 Å².